The predicted octanol–water partition coefficient (Wildman–Crippen LogP) is 5.89. The van der Waals surface area contributed by atoms with Gasteiger partial charge in [0.15, 0.2) is 5.15 Å². The van der Waals surface area contributed by atoms with Crippen molar-refractivity contribution in [1.29, 1.82) is 0 Å². The minimum absolute atomic E-state index is 0.402. The number of nitrogens with zero attached hydrogens (tertiary/aromatic N) is 4. The number of hydrogen-bond donors (Lipinski definition) is 1. The molecule has 29 heavy (non-hydrogen) atoms. The van der Waals surface area contributed by atoms with Crippen molar-refractivity contribution in [1.82, 2.24) is 9.97 Å². The van der Waals surface area contributed by atoms with Gasteiger partial charge in [0.1, 0.15) is 0 Å². The van der Waals surface area contributed by atoms with Crippen LogP contribution in [-0.4, -0.2) is 35.3 Å². The van der Waals surface area contributed by atoms with E-state index in [1.807, 2.05) is 49.3 Å². The SMILES string of the molecule is CN(C)c1cc(-c2ccc3nc(N(C(=O)O)c4ccccc4)sc3c2)cnc1Cl. The van der Waals surface area contributed by atoms with Gasteiger partial charge in [0.2, 0.25) is 5.13 Å². The predicted molar refractivity (Wildman–Crippen MR) is 119 cm³/mol. The smallest absolute Gasteiger partial charge is 0.418 e. The van der Waals surface area contributed by atoms with Gasteiger partial charge in [-0.3, -0.25) is 0 Å². The van der Waals surface area contributed by atoms with Gasteiger partial charge >= 0.3 is 6.09 Å². The largest absolute Gasteiger partial charge is 0.464 e. The third-order valence-corrected chi connectivity index (χ3v) is 5.70. The lowest BCUT2D eigenvalue weighted by atomic mass is 10.1. The molecule has 6 nitrogen and oxygen atoms in total. The van der Waals surface area contributed by atoms with Crippen molar-refractivity contribution >= 4 is 55.8 Å². The van der Waals surface area contributed by atoms with Crippen molar-refractivity contribution in [3.8, 4) is 11.1 Å². The lowest BCUT2D eigenvalue weighted by molar-refractivity contribution is 0.205. The number of rotatable bonds is 4. The highest BCUT2D eigenvalue weighted by atomic mass is 35.5. The second-order valence-corrected chi connectivity index (χ2v) is 7.93. The van der Waals surface area contributed by atoms with Gasteiger partial charge < -0.3 is 10.0 Å². The second kappa shape index (κ2) is 7.69. The molecule has 0 saturated heterocycles. The highest BCUT2D eigenvalue weighted by molar-refractivity contribution is 7.22. The van der Waals surface area contributed by atoms with E-state index in [1.54, 1.807) is 30.5 Å². The molecule has 0 aliphatic heterocycles. The zero-order valence-electron chi connectivity index (χ0n) is 15.7. The van der Waals surface area contributed by atoms with Gasteiger partial charge in [-0.25, -0.2) is 19.7 Å². The molecule has 1 amide bonds. The Labute approximate surface area is 176 Å². The molecule has 0 unspecified atom stereocenters. The molecule has 0 spiro atoms. The molecule has 0 aliphatic rings. The van der Waals surface area contributed by atoms with E-state index < -0.39 is 6.09 Å². The van der Waals surface area contributed by atoms with Gasteiger partial charge in [0, 0.05) is 25.9 Å². The van der Waals surface area contributed by atoms with Gasteiger partial charge in [-0.05, 0) is 35.9 Å². The Morgan fingerprint density at radius 1 is 1.07 bits per heavy atom. The molecule has 2 heterocycles. The van der Waals surface area contributed by atoms with Gasteiger partial charge in [-0.1, -0.05) is 47.2 Å². The Kier molecular flexibility index (Phi) is 5.08. The number of anilines is 3. The third kappa shape index (κ3) is 3.74. The average Bonchev–Trinajstić information content (AvgIpc) is 3.11. The fourth-order valence-corrected chi connectivity index (χ4v) is 4.27. The zero-order valence-corrected chi connectivity index (χ0v) is 17.3. The van der Waals surface area contributed by atoms with E-state index >= 15 is 0 Å². The van der Waals surface area contributed by atoms with Crippen molar-refractivity contribution < 1.29 is 9.90 Å². The average molecular weight is 425 g/mol. The first kappa shape index (κ1) is 19.2. The standard InChI is InChI=1S/C21H17ClN4O2S/c1-25(2)17-10-14(12-23-19(17)22)13-8-9-16-18(11-13)29-20(24-16)26(21(27)28)15-6-4-3-5-7-15/h3-12H,1-2H3,(H,27,28). The van der Waals surface area contributed by atoms with Crippen LogP contribution in [0.25, 0.3) is 21.3 Å². The van der Waals surface area contributed by atoms with E-state index in [-0.39, 0.29) is 0 Å². The molecule has 0 fully saturated rings. The third-order valence-electron chi connectivity index (χ3n) is 4.41. The van der Waals surface area contributed by atoms with E-state index in [1.165, 1.54) is 16.2 Å². The molecule has 1 N–H and O–H groups in total. The van der Waals surface area contributed by atoms with Crippen LogP contribution in [0, 0.1) is 0 Å². The Morgan fingerprint density at radius 3 is 2.52 bits per heavy atom. The lowest BCUT2D eigenvalue weighted by Crippen LogP contribution is -2.23. The van der Waals surface area contributed by atoms with E-state index in [9.17, 15) is 9.90 Å². The Bertz CT molecular complexity index is 1190. The summed E-state index contributed by atoms with van der Waals surface area (Å²) in [5, 5.41) is 10.6. The van der Waals surface area contributed by atoms with E-state index in [0.717, 1.165) is 27.0 Å². The number of carboxylic acid groups (broad SMARTS) is 1. The first-order valence-corrected chi connectivity index (χ1v) is 9.95. The number of benzene rings is 2. The van der Waals surface area contributed by atoms with Gasteiger partial charge in [-0.15, -0.1) is 0 Å². The number of fused-ring (bicyclic) bond motifs is 1. The maximum absolute atomic E-state index is 11.9. The van der Waals surface area contributed by atoms with Crippen molar-refractivity contribution in [2.45, 2.75) is 0 Å². The van der Waals surface area contributed by atoms with Crippen molar-refractivity contribution in [2.24, 2.45) is 0 Å². The summed E-state index contributed by atoms with van der Waals surface area (Å²) in [7, 11) is 3.82. The van der Waals surface area contributed by atoms with Gasteiger partial charge in [0.05, 0.1) is 21.6 Å². The molecular formula is C21H17ClN4O2S. The molecule has 8 heteroatoms. The maximum Gasteiger partial charge on any atom is 0.418 e. The van der Waals surface area contributed by atoms with Crippen LogP contribution in [0.3, 0.4) is 0 Å². The normalized spacial score (nSPS) is 10.9. The fraction of sp³-hybridized carbons (Fsp3) is 0.0952. The van der Waals surface area contributed by atoms with E-state index in [0.29, 0.717) is 16.0 Å². The van der Waals surface area contributed by atoms with Crippen molar-refractivity contribution in [3.05, 3.63) is 65.9 Å². The summed E-state index contributed by atoms with van der Waals surface area (Å²) < 4.78 is 0.890. The summed E-state index contributed by atoms with van der Waals surface area (Å²) in [5.41, 5.74) is 4.01. The summed E-state index contributed by atoms with van der Waals surface area (Å²) >= 11 is 7.51. The quantitative estimate of drug-likeness (QED) is 0.413. The summed E-state index contributed by atoms with van der Waals surface area (Å²) in [4.78, 5) is 23.8. The van der Waals surface area contributed by atoms with Crippen LogP contribution in [0.2, 0.25) is 5.15 Å². The van der Waals surface area contributed by atoms with Crippen molar-refractivity contribution in [3.63, 3.8) is 0 Å². The molecule has 0 radical (unpaired) electrons. The number of hydrogen-bond acceptors (Lipinski definition) is 5. The Morgan fingerprint density at radius 2 is 1.83 bits per heavy atom. The molecule has 2 aromatic heterocycles. The van der Waals surface area contributed by atoms with Crippen LogP contribution in [-0.2, 0) is 0 Å². The topological polar surface area (TPSA) is 69.6 Å². The first-order valence-electron chi connectivity index (χ1n) is 8.76. The molecule has 0 saturated carbocycles. The molecule has 0 atom stereocenters. The molecule has 0 aliphatic carbocycles. The fourth-order valence-electron chi connectivity index (χ4n) is 2.98. The molecule has 0 bridgehead atoms. The highest BCUT2D eigenvalue weighted by Crippen LogP contribution is 2.36. The van der Waals surface area contributed by atoms with Crippen molar-refractivity contribution in [2.75, 3.05) is 23.9 Å². The van der Waals surface area contributed by atoms with Crippen LogP contribution >= 0.6 is 22.9 Å². The van der Waals surface area contributed by atoms with Gasteiger partial charge in [0.25, 0.3) is 0 Å². The van der Waals surface area contributed by atoms with Crippen LogP contribution in [0.4, 0.5) is 21.3 Å². The molecule has 146 valence electrons. The summed E-state index contributed by atoms with van der Waals surface area (Å²) in [5.74, 6) is 0. The zero-order chi connectivity index (χ0) is 20.5. The number of carbonyl (C=O) groups is 1. The molecule has 4 rings (SSSR count). The highest BCUT2D eigenvalue weighted by Gasteiger charge is 2.21. The number of para-hydroxylation sites is 1. The van der Waals surface area contributed by atoms with Crippen LogP contribution in [0.15, 0.2) is 60.8 Å². The van der Waals surface area contributed by atoms with E-state index in [2.05, 4.69) is 9.97 Å². The lowest BCUT2D eigenvalue weighted by Gasteiger charge is -2.15. The summed E-state index contributed by atoms with van der Waals surface area (Å²) in [6.07, 6.45) is 0.652. The van der Waals surface area contributed by atoms with Crippen LogP contribution < -0.4 is 9.80 Å². The maximum atomic E-state index is 11.9. The molecule has 4 aromatic rings. The number of amides is 1. The number of thiazole rings is 1. The van der Waals surface area contributed by atoms with Crippen LogP contribution in [0.5, 0.6) is 0 Å². The van der Waals surface area contributed by atoms with Gasteiger partial charge in [-0.2, -0.15) is 0 Å². The number of halogens is 1. The Balaban J connectivity index is 1.77. The minimum Gasteiger partial charge on any atom is -0.464 e. The van der Waals surface area contributed by atoms with E-state index in [4.69, 9.17) is 11.6 Å². The monoisotopic (exact) mass is 424 g/mol. The minimum atomic E-state index is -1.08. The molecule has 2 aromatic carbocycles. The summed E-state index contributed by atoms with van der Waals surface area (Å²) in [6, 6.07) is 16.7. The number of pyridine rings is 1. The summed E-state index contributed by atoms with van der Waals surface area (Å²) in [6.45, 7) is 0. The van der Waals surface area contributed by atoms with Crippen LogP contribution in [0.1, 0.15) is 0 Å². The second-order valence-electron chi connectivity index (χ2n) is 6.56. The first-order chi connectivity index (χ1) is 13.9. The Hall–Kier alpha value is -3.16. The number of aromatic nitrogens is 2. The molecular weight excluding hydrogens is 408 g/mol.